The van der Waals surface area contributed by atoms with Crippen molar-refractivity contribution in [3.05, 3.63) is 60.2 Å². The molecular weight excluding hydrogens is 356 g/mol. The number of nitro groups is 1. The van der Waals surface area contributed by atoms with Gasteiger partial charge in [0.2, 0.25) is 0 Å². The molecule has 7 heteroatoms. The highest BCUT2D eigenvalue weighted by Gasteiger charge is 2.18. The molecule has 0 radical (unpaired) electrons. The van der Waals surface area contributed by atoms with Crippen molar-refractivity contribution < 1.29 is 9.72 Å². The van der Waals surface area contributed by atoms with Crippen LogP contribution < -0.4 is 0 Å². The summed E-state index contributed by atoms with van der Waals surface area (Å²) in [6.45, 7) is 2.24. The van der Waals surface area contributed by atoms with Crippen LogP contribution in [0.1, 0.15) is 20.8 Å². The number of carbonyl (C=O) groups excluding carboxylic acids is 1. The minimum atomic E-state index is -0.493. The highest BCUT2D eigenvalue weighted by molar-refractivity contribution is 9.10. The first-order chi connectivity index (χ1) is 9.88. The molecule has 0 spiro atoms. The van der Waals surface area contributed by atoms with E-state index >= 15 is 0 Å². The van der Waals surface area contributed by atoms with Gasteiger partial charge in [0.05, 0.1) is 11.5 Å². The lowest BCUT2D eigenvalue weighted by atomic mass is 10.1. The van der Waals surface area contributed by atoms with Crippen LogP contribution >= 0.6 is 27.3 Å². The second-order valence-electron chi connectivity index (χ2n) is 4.65. The van der Waals surface area contributed by atoms with E-state index in [0.29, 0.717) is 12.1 Å². The lowest BCUT2D eigenvalue weighted by Gasteiger charge is -2.17. The highest BCUT2D eigenvalue weighted by Crippen LogP contribution is 2.23. The Kier molecular flexibility index (Phi) is 4.74. The molecule has 1 amide bonds. The van der Waals surface area contributed by atoms with E-state index in [1.54, 1.807) is 36.3 Å². The van der Waals surface area contributed by atoms with Crippen LogP contribution in [0.3, 0.4) is 0 Å². The number of nitro benzene ring substituents is 1. The monoisotopic (exact) mass is 368 g/mol. The van der Waals surface area contributed by atoms with Crippen LogP contribution in [-0.2, 0) is 6.54 Å². The predicted octanol–water partition coefficient (Wildman–Crippen LogP) is 4.00. The molecule has 110 valence electrons. The summed E-state index contributed by atoms with van der Waals surface area (Å²) >= 11 is 4.93. The van der Waals surface area contributed by atoms with Crippen molar-refractivity contribution in [3.63, 3.8) is 0 Å². The summed E-state index contributed by atoms with van der Waals surface area (Å²) < 4.78 is 0.981. The Balaban J connectivity index is 2.22. The van der Waals surface area contributed by atoms with Crippen molar-refractivity contribution in [1.29, 1.82) is 0 Å². The Morgan fingerprint density at radius 2 is 2.14 bits per heavy atom. The van der Waals surface area contributed by atoms with Gasteiger partial charge >= 0.3 is 0 Å². The molecule has 0 aliphatic heterocycles. The van der Waals surface area contributed by atoms with E-state index in [0.717, 1.165) is 14.9 Å². The molecule has 5 nitrogen and oxygen atoms in total. The minimum Gasteiger partial charge on any atom is -0.337 e. The molecule has 21 heavy (non-hydrogen) atoms. The Labute approximate surface area is 134 Å². The van der Waals surface area contributed by atoms with Crippen LogP contribution in [0.5, 0.6) is 0 Å². The Hall–Kier alpha value is -1.73. The van der Waals surface area contributed by atoms with Crippen LogP contribution in [0, 0.1) is 17.0 Å². The molecule has 0 unspecified atom stereocenters. The van der Waals surface area contributed by atoms with Gasteiger partial charge in [-0.3, -0.25) is 14.9 Å². The average molecular weight is 369 g/mol. The van der Waals surface area contributed by atoms with E-state index in [4.69, 9.17) is 0 Å². The fraction of sp³-hybridized carbons (Fsp3) is 0.214. The average Bonchev–Trinajstić information content (AvgIpc) is 2.83. The number of rotatable bonds is 4. The first-order valence-corrected chi connectivity index (χ1v) is 7.79. The Morgan fingerprint density at radius 3 is 2.71 bits per heavy atom. The number of halogens is 1. The lowest BCUT2D eigenvalue weighted by Crippen LogP contribution is -2.26. The third-order valence-corrected chi connectivity index (χ3v) is 4.71. The van der Waals surface area contributed by atoms with Gasteiger partial charge in [0.25, 0.3) is 11.6 Å². The molecule has 2 aromatic rings. The lowest BCUT2D eigenvalue weighted by molar-refractivity contribution is -0.384. The van der Waals surface area contributed by atoms with Crippen LogP contribution in [0.25, 0.3) is 0 Å². The number of nitrogens with zero attached hydrogens (tertiary/aromatic N) is 2. The molecular formula is C14H13BrN2O3S. The largest absolute Gasteiger partial charge is 0.337 e. The topological polar surface area (TPSA) is 63.5 Å². The Morgan fingerprint density at radius 1 is 1.43 bits per heavy atom. The molecule has 0 N–H and O–H groups in total. The molecule has 2 rings (SSSR count). The van der Waals surface area contributed by atoms with E-state index in [2.05, 4.69) is 15.9 Å². The SMILES string of the molecule is Cc1ccc([N+](=O)[O-])cc1C(=O)N(C)Cc1cc(Br)cs1. The van der Waals surface area contributed by atoms with Crippen LogP contribution in [0.15, 0.2) is 34.1 Å². The van der Waals surface area contributed by atoms with E-state index in [1.165, 1.54) is 12.1 Å². The zero-order valence-electron chi connectivity index (χ0n) is 11.5. The molecule has 0 fully saturated rings. The number of non-ortho nitro benzene ring substituents is 1. The molecule has 0 saturated heterocycles. The maximum Gasteiger partial charge on any atom is 0.270 e. The summed E-state index contributed by atoms with van der Waals surface area (Å²) in [5, 5.41) is 12.8. The highest BCUT2D eigenvalue weighted by atomic mass is 79.9. The molecule has 1 aromatic carbocycles. The standard InChI is InChI=1S/C14H13BrN2O3S/c1-9-3-4-11(17(19)20)6-13(9)14(18)16(2)7-12-5-10(15)8-21-12/h3-6,8H,7H2,1-2H3. The van der Waals surface area contributed by atoms with Gasteiger partial charge in [-0.15, -0.1) is 11.3 Å². The molecule has 1 aromatic heterocycles. The van der Waals surface area contributed by atoms with E-state index < -0.39 is 4.92 Å². The summed E-state index contributed by atoms with van der Waals surface area (Å²) in [6.07, 6.45) is 0. The predicted molar refractivity (Wildman–Crippen MR) is 85.6 cm³/mol. The van der Waals surface area contributed by atoms with Crippen molar-refractivity contribution in [1.82, 2.24) is 4.90 Å². The van der Waals surface area contributed by atoms with Gasteiger partial charge in [0.15, 0.2) is 0 Å². The molecule has 0 aliphatic carbocycles. The molecule has 0 bridgehead atoms. The van der Waals surface area contributed by atoms with Gasteiger partial charge in [-0.1, -0.05) is 6.07 Å². The van der Waals surface area contributed by atoms with E-state index in [1.807, 2.05) is 11.4 Å². The first-order valence-electron chi connectivity index (χ1n) is 6.12. The summed E-state index contributed by atoms with van der Waals surface area (Å²) in [4.78, 5) is 25.4. The summed E-state index contributed by atoms with van der Waals surface area (Å²) in [5.41, 5.74) is 1.02. The van der Waals surface area contributed by atoms with E-state index in [9.17, 15) is 14.9 Å². The zero-order chi connectivity index (χ0) is 15.6. The van der Waals surface area contributed by atoms with Crippen molar-refractivity contribution >= 4 is 38.9 Å². The van der Waals surface area contributed by atoms with Crippen molar-refractivity contribution in [3.8, 4) is 0 Å². The normalized spacial score (nSPS) is 10.4. The van der Waals surface area contributed by atoms with Gasteiger partial charge in [0, 0.05) is 39.5 Å². The maximum atomic E-state index is 12.4. The quantitative estimate of drug-likeness (QED) is 0.605. The van der Waals surface area contributed by atoms with Crippen molar-refractivity contribution in [2.75, 3.05) is 7.05 Å². The number of amides is 1. The summed E-state index contributed by atoms with van der Waals surface area (Å²) in [5.74, 6) is -0.222. The molecule has 0 aliphatic rings. The fourth-order valence-electron chi connectivity index (χ4n) is 1.90. The van der Waals surface area contributed by atoms with Gasteiger partial charge in [0.1, 0.15) is 0 Å². The number of carbonyl (C=O) groups is 1. The summed E-state index contributed by atoms with van der Waals surface area (Å²) in [6, 6.07) is 6.29. The second kappa shape index (κ2) is 6.36. The second-order valence-corrected chi connectivity index (χ2v) is 6.56. The Bertz CT molecular complexity index is 699. The van der Waals surface area contributed by atoms with E-state index in [-0.39, 0.29) is 11.6 Å². The molecule has 0 atom stereocenters. The third kappa shape index (κ3) is 3.68. The summed E-state index contributed by atoms with van der Waals surface area (Å²) in [7, 11) is 1.69. The fourth-order valence-corrected chi connectivity index (χ4v) is 3.41. The maximum absolute atomic E-state index is 12.4. The van der Waals surface area contributed by atoms with Crippen LogP contribution in [0.2, 0.25) is 0 Å². The third-order valence-electron chi connectivity index (χ3n) is 3.02. The number of hydrogen-bond acceptors (Lipinski definition) is 4. The number of thiophene rings is 1. The molecule has 1 heterocycles. The van der Waals surface area contributed by atoms with Gasteiger partial charge < -0.3 is 4.90 Å². The number of aryl methyl sites for hydroxylation is 1. The smallest absolute Gasteiger partial charge is 0.270 e. The molecule has 0 saturated carbocycles. The van der Waals surface area contributed by atoms with Gasteiger partial charge in [-0.05, 0) is 34.5 Å². The number of hydrogen-bond donors (Lipinski definition) is 0. The van der Waals surface area contributed by atoms with Crippen LogP contribution in [-0.4, -0.2) is 22.8 Å². The van der Waals surface area contributed by atoms with Crippen molar-refractivity contribution in [2.24, 2.45) is 0 Å². The first kappa shape index (κ1) is 15.7. The van der Waals surface area contributed by atoms with Gasteiger partial charge in [-0.25, -0.2) is 0 Å². The minimum absolute atomic E-state index is 0.0729. The zero-order valence-corrected chi connectivity index (χ0v) is 13.9. The van der Waals surface area contributed by atoms with Crippen molar-refractivity contribution in [2.45, 2.75) is 13.5 Å². The van der Waals surface area contributed by atoms with Gasteiger partial charge in [-0.2, -0.15) is 0 Å². The number of benzene rings is 1. The van der Waals surface area contributed by atoms with Crippen LogP contribution in [0.4, 0.5) is 5.69 Å².